The lowest BCUT2D eigenvalue weighted by Gasteiger charge is -2.27. The number of Topliss-reactive ketones (excluding diaryl/α,β-unsaturated/α-hetero) is 1. The Hall–Kier alpha value is -2.36. The van der Waals surface area contributed by atoms with E-state index in [1.165, 1.54) is 11.1 Å². The molecule has 3 rings (SSSR count). The molecular weight excluding hydrogens is 314 g/mol. The number of furan rings is 1. The first-order valence-electron chi connectivity index (χ1n) is 8.77. The molecule has 0 unspecified atom stereocenters. The molecule has 0 saturated carbocycles. The molecule has 25 heavy (non-hydrogen) atoms. The van der Waals surface area contributed by atoms with E-state index in [-0.39, 0.29) is 22.9 Å². The summed E-state index contributed by atoms with van der Waals surface area (Å²) in [6.07, 6.45) is 1.95. The van der Waals surface area contributed by atoms with Gasteiger partial charge < -0.3 is 9.73 Å². The van der Waals surface area contributed by atoms with Gasteiger partial charge in [-0.25, -0.2) is 0 Å². The number of carbonyl (C=O) groups is 2. The number of fused-ring (bicyclic) bond motifs is 1. The number of carbonyl (C=O) groups excluding carboxylic acids is 2. The maximum atomic E-state index is 12.5. The predicted molar refractivity (Wildman–Crippen MR) is 97.1 cm³/mol. The van der Waals surface area contributed by atoms with E-state index in [1.54, 1.807) is 6.92 Å². The molecule has 0 saturated heterocycles. The second-order valence-electron chi connectivity index (χ2n) is 7.73. The number of benzene rings is 1. The van der Waals surface area contributed by atoms with Crippen molar-refractivity contribution in [2.24, 2.45) is 5.41 Å². The summed E-state index contributed by atoms with van der Waals surface area (Å²) in [7, 11) is 0. The van der Waals surface area contributed by atoms with Gasteiger partial charge in [-0.2, -0.15) is 0 Å². The van der Waals surface area contributed by atoms with E-state index in [9.17, 15) is 9.59 Å². The second-order valence-corrected chi connectivity index (χ2v) is 7.73. The zero-order chi connectivity index (χ0) is 18.2. The van der Waals surface area contributed by atoms with Crippen molar-refractivity contribution in [3.05, 3.63) is 58.0 Å². The highest BCUT2D eigenvalue weighted by Crippen LogP contribution is 2.38. The van der Waals surface area contributed by atoms with Gasteiger partial charge >= 0.3 is 0 Å². The number of hydrogen-bond acceptors (Lipinski definition) is 3. The zero-order valence-corrected chi connectivity index (χ0v) is 15.4. The van der Waals surface area contributed by atoms with Crippen LogP contribution < -0.4 is 5.32 Å². The molecule has 1 aliphatic carbocycles. The molecule has 2 aromatic rings. The van der Waals surface area contributed by atoms with Crippen molar-refractivity contribution in [3.63, 3.8) is 0 Å². The number of rotatable bonds is 4. The maximum Gasteiger partial charge on any atom is 0.287 e. The SMILES string of the molecule is Cc1ccccc1CCNC(=O)c1oc2c(c1C)C(=O)CC(C)(C)C2. The smallest absolute Gasteiger partial charge is 0.287 e. The van der Waals surface area contributed by atoms with Crippen LogP contribution >= 0.6 is 0 Å². The number of nitrogens with one attached hydrogen (secondary N) is 1. The summed E-state index contributed by atoms with van der Waals surface area (Å²) in [5, 5.41) is 2.92. The normalized spacial score (nSPS) is 15.8. The Bertz CT molecular complexity index is 830. The molecule has 4 heteroatoms. The van der Waals surface area contributed by atoms with Crippen LogP contribution in [0.15, 0.2) is 28.7 Å². The third-order valence-electron chi connectivity index (χ3n) is 4.92. The Balaban J connectivity index is 1.71. The minimum absolute atomic E-state index is 0.0754. The van der Waals surface area contributed by atoms with Crippen molar-refractivity contribution in [2.75, 3.05) is 6.54 Å². The number of hydrogen-bond donors (Lipinski definition) is 1. The Morgan fingerprint density at radius 3 is 2.64 bits per heavy atom. The quantitative estimate of drug-likeness (QED) is 0.915. The van der Waals surface area contributed by atoms with Crippen LogP contribution in [0.3, 0.4) is 0 Å². The lowest BCUT2D eigenvalue weighted by atomic mass is 9.76. The zero-order valence-electron chi connectivity index (χ0n) is 15.4. The van der Waals surface area contributed by atoms with Crippen molar-refractivity contribution in [1.82, 2.24) is 5.32 Å². The average Bonchev–Trinajstić information content (AvgIpc) is 2.84. The minimum Gasteiger partial charge on any atom is -0.455 e. The van der Waals surface area contributed by atoms with Crippen LogP contribution in [-0.2, 0) is 12.8 Å². The van der Waals surface area contributed by atoms with Gasteiger partial charge in [0, 0.05) is 24.9 Å². The minimum atomic E-state index is -0.244. The van der Waals surface area contributed by atoms with E-state index in [4.69, 9.17) is 4.42 Å². The Morgan fingerprint density at radius 2 is 1.92 bits per heavy atom. The van der Waals surface area contributed by atoms with E-state index in [1.807, 2.05) is 26.0 Å². The lowest BCUT2D eigenvalue weighted by Crippen LogP contribution is -2.26. The van der Waals surface area contributed by atoms with Crippen LogP contribution in [0.1, 0.15) is 63.6 Å². The number of ketones is 1. The van der Waals surface area contributed by atoms with Gasteiger partial charge in [0.25, 0.3) is 5.91 Å². The summed E-state index contributed by atoms with van der Waals surface area (Å²) in [6.45, 7) is 8.50. The topological polar surface area (TPSA) is 59.3 Å². The summed E-state index contributed by atoms with van der Waals surface area (Å²) in [5.74, 6) is 0.765. The molecule has 0 atom stereocenters. The van der Waals surface area contributed by atoms with Gasteiger partial charge in [-0.05, 0) is 36.8 Å². The molecule has 0 fully saturated rings. The standard InChI is InChI=1S/C21H25NO3/c1-13-7-5-6-8-15(13)9-10-22-20(24)19-14(2)18-16(23)11-21(3,4)12-17(18)25-19/h5-8H,9-12H2,1-4H3,(H,22,24). The van der Waals surface area contributed by atoms with E-state index in [0.29, 0.717) is 36.3 Å². The van der Waals surface area contributed by atoms with Gasteiger partial charge in [-0.15, -0.1) is 0 Å². The highest BCUT2D eigenvalue weighted by Gasteiger charge is 2.36. The average molecular weight is 339 g/mol. The highest BCUT2D eigenvalue weighted by molar-refractivity contribution is 6.03. The first kappa shape index (κ1) is 17.5. The summed E-state index contributed by atoms with van der Waals surface area (Å²) in [4.78, 5) is 24.9. The van der Waals surface area contributed by atoms with E-state index in [0.717, 1.165) is 6.42 Å². The molecule has 1 N–H and O–H groups in total. The number of aryl methyl sites for hydroxylation is 1. The maximum absolute atomic E-state index is 12.5. The van der Waals surface area contributed by atoms with Crippen LogP contribution in [0, 0.1) is 19.3 Å². The van der Waals surface area contributed by atoms with Gasteiger partial charge in [0.2, 0.25) is 0 Å². The number of amides is 1. The van der Waals surface area contributed by atoms with Crippen LogP contribution in [0.5, 0.6) is 0 Å². The Kier molecular flexibility index (Phi) is 4.55. The molecule has 0 radical (unpaired) electrons. The first-order valence-corrected chi connectivity index (χ1v) is 8.77. The van der Waals surface area contributed by atoms with Gasteiger partial charge in [0.1, 0.15) is 5.76 Å². The predicted octanol–water partition coefficient (Wildman–Crippen LogP) is 4.02. The molecule has 132 valence electrons. The molecule has 1 amide bonds. The summed E-state index contributed by atoms with van der Waals surface area (Å²) in [5.41, 5.74) is 3.60. The van der Waals surface area contributed by atoms with E-state index in [2.05, 4.69) is 24.4 Å². The molecule has 0 aliphatic heterocycles. The highest BCUT2D eigenvalue weighted by atomic mass is 16.4. The molecule has 1 aromatic carbocycles. The van der Waals surface area contributed by atoms with E-state index >= 15 is 0 Å². The molecular formula is C21H25NO3. The summed E-state index contributed by atoms with van der Waals surface area (Å²) < 4.78 is 5.80. The van der Waals surface area contributed by atoms with Crippen molar-refractivity contribution in [1.29, 1.82) is 0 Å². The van der Waals surface area contributed by atoms with Gasteiger partial charge in [0.15, 0.2) is 11.5 Å². The lowest BCUT2D eigenvalue weighted by molar-refractivity contribution is 0.0889. The van der Waals surface area contributed by atoms with Gasteiger partial charge in [-0.3, -0.25) is 9.59 Å². The van der Waals surface area contributed by atoms with Crippen molar-refractivity contribution in [2.45, 2.75) is 47.0 Å². The van der Waals surface area contributed by atoms with Crippen molar-refractivity contribution in [3.8, 4) is 0 Å². The second kappa shape index (κ2) is 6.51. The van der Waals surface area contributed by atoms with Crippen LogP contribution in [0.2, 0.25) is 0 Å². The fourth-order valence-electron chi connectivity index (χ4n) is 3.58. The third kappa shape index (κ3) is 3.53. The van der Waals surface area contributed by atoms with Crippen molar-refractivity contribution < 1.29 is 14.0 Å². The van der Waals surface area contributed by atoms with Gasteiger partial charge in [0.05, 0.1) is 5.56 Å². The molecule has 4 nitrogen and oxygen atoms in total. The van der Waals surface area contributed by atoms with Crippen LogP contribution in [0.25, 0.3) is 0 Å². The molecule has 1 aromatic heterocycles. The molecule has 1 aliphatic rings. The Labute approximate surface area is 148 Å². The fourth-order valence-corrected chi connectivity index (χ4v) is 3.58. The molecule has 0 bridgehead atoms. The van der Waals surface area contributed by atoms with Crippen LogP contribution in [0.4, 0.5) is 0 Å². The molecule has 0 spiro atoms. The Morgan fingerprint density at radius 1 is 1.20 bits per heavy atom. The van der Waals surface area contributed by atoms with E-state index < -0.39 is 0 Å². The van der Waals surface area contributed by atoms with Crippen molar-refractivity contribution >= 4 is 11.7 Å². The van der Waals surface area contributed by atoms with Crippen LogP contribution in [-0.4, -0.2) is 18.2 Å². The summed E-state index contributed by atoms with van der Waals surface area (Å²) in [6, 6.07) is 8.14. The summed E-state index contributed by atoms with van der Waals surface area (Å²) >= 11 is 0. The first-order chi connectivity index (χ1) is 11.8. The molecule has 1 heterocycles. The fraction of sp³-hybridized carbons (Fsp3) is 0.429. The monoisotopic (exact) mass is 339 g/mol. The van der Waals surface area contributed by atoms with Gasteiger partial charge in [-0.1, -0.05) is 38.1 Å². The third-order valence-corrected chi connectivity index (χ3v) is 4.92. The largest absolute Gasteiger partial charge is 0.455 e.